The van der Waals surface area contributed by atoms with Crippen molar-refractivity contribution in [2.45, 2.75) is 19.8 Å². The van der Waals surface area contributed by atoms with Crippen molar-refractivity contribution >= 4 is 11.6 Å². The molecule has 0 aliphatic rings. The lowest BCUT2D eigenvalue weighted by Crippen LogP contribution is -2.10. The molecule has 4 heteroatoms. The predicted octanol–water partition coefficient (Wildman–Crippen LogP) is 3.25. The fourth-order valence-electron chi connectivity index (χ4n) is 2.20. The Balaban J connectivity index is 1.71. The second-order valence-electron chi connectivity index (χ2n) is 5.14. The van der Waals surface area contributed by atoms with Crippen LogP contribution in [0.4, 0.5) is 5.95 Å². The third kappa shape index (κ3) is 2.64. The van der Waals surface area contributed by atoms with Crippen LogP contribution in [-0.2, 0) is 0 Å². The van der Waals surface area contributed by atoms with E-state index >= 15 is 0 Å². The number of pyridine rings is 1. The Hall–Kier alpha value is -2.36. The molecule has 1 unspecified atom stereocenters. The van der Waals surface area contributed by atoms with Crippen LogP contribution in [0.1, 0.15) is 24.0 Å². The van der Waals surface area contributed by atoms with Crippen LogP contribution < -0.4 is 5.32 Å². The SMILES string of the molecule is Cc1ccc2nc(NCC(C)c3ccccc3)nn2c1. The molecule has 0 saturated carbocycles. The molecule has 1 aromatic carbocycles. The number of rotatable bonds is 4. The Morgan fingerprint density at radius 2 is 1.95 bits per heavy atom. The number of nitrogens with zero attached hydrogens (tertiary/aromatic N) is 3. The van der Waals surface area contributed by atoms with E-state index in [0.717, 1.165) is 12.2 Å². The zero-order valence-electron chi connectivity index (χ0n) is 11.7. The number of fused-ring (bicyclic) bond motifs is 1. The van der Waals surface area contributed by atoms with Gasteiger partial charge in [-0.3, -0.25) is 0 Å². The lowest BCUT2D eigenvalue weighted by atomic mass is 10.0. The average molecular weight is 266 g/mol. The van der Waals surface area contributed by atoms with Crippen molar-refractivity contribution in [1.29, 1.82) is 0 Å². The summed E-state index contributed by atoms with van der Waals surface area (Å²) in [5.41, 5.74) is 3.36. The fraction of sp³-hybridized carbons (Fsp3) is 0.250. The van der Waals surface area contributed by atoms with Crippen LogP contribution in [-0.4, -0.2) is 21.1 Å². The van der Waals surface area contributed by atoms with E-state index in [1.165, 1.54) is 11.1 Å². The molecule has 0 fully saturated rings. The molecule has 0 saturated heterocycles. The third-order valence-electron chi connectivity index (χ3n) is 3.41. The molecule has 0 radical (unpaired) electrons. The molecule has 1 N–H and O–H groups in total. The molecule has 1 atom stereocenters. The molecular weight excluding hydrogens is 248 g/mol. The second kappa shape index (κ2) is 5.33. The zero-order chi connectivity index (χ0) is 13.9. The lowest BCUT2D eigenvalue weighted by molar-refractivity contribution is 0.795. The molecular formula is C16H18N4. The number of hydrogen-bond acceptors (Lipinski definition) is 3. The van der Waals surface area contributed by atoms with Crippen molar-refractivity contribution in [1.82, 2.24) is 14.6 Å². The van der Waals surface area contributed by atoms with Crippen LogP contribution in [0.15, 0.2) is 48.7 Å². The van der Waals surface area contributed by atoms with E-state index in [1.807, 2.05) is 35.8 Å². The molecule has 0 aliphatic carbocycles. The Bertz CT molecular complexity index is 703. The number of aromatic nitrogens is 3. The maximum absolute atomic E-state index is 4.46. The van der Waals surface area contributed by atoms with Crippen LogP contribution >= 0.6 is 0 Å². The molecule has 2 heterocycles. The number of hydrogen-bond donors (Lipinski definition) is 1. The lowest BCUT2D eigenvalue weighted by Gasteiger charge is -2.11. The summed E-state index contributed by atoms with van der Waals surface area (Å²) in [5, 5.41) is 7.74. The van der Waals surface area contributed by atoms with Gasteiger partial charge in [-0.15, -0.1) is 5.10 Å². The molecule has 3 aromatic rings. The highest BCUT2D eigenvalue weighted by molar-refractivity contribution is 5.44. The summed E-state index contributed by atoms with van der Waals surface area (Å²) >= 11 is 0. The summed E-state index contributed by atoms with van der Waals surface area (Å²) < 4.78 is 1.81. The smallest absolute Gasteiger partial charge is 0.243 e. The van der Waals surface area contributed by atoms with E-state index in [9.17, 15) is 0 Å². The first-order chi connectivity index (χ1) is 9.72. The summed E-state index contributed by atoms with van der Waals surface area (Å²) in [6.07, 6.45) is 1.98. The van der Waals surface area contributed by atoms with Gasteiger partial charge in [0, 0.05) is 12.7 Å². The van der Waals surface area contributed by atoms with Crippen LogP contribution in [0.25, 0.3) is 5.65 Å². The van der Waals surface area contributed by atoms with Crippen LogP contribution in [0, 0.1) is 6.92 Å². The molecule has 0 amide bonds. The molecule has 0 spiro atoms. The van der Waals surface area contributed by atoms with E-state index in [0.29, 0.717) is 11.9 Å². The summed E-state index contributed by atoms with van der Waals surface area (Å²) in [7, 11) is 0. The number of nitrogens with one attached hydrogen (secondary N) is 1. The van der Waals surface area contributed by atoms with Gasteiger partial charge in [0.15, 0.2) is 5.65 Å². The molecule has 0 bridgehead atoms. The molecule has 2 aromatic heterocycles. The molecule has 4 nitrogen and oxygen atoms in total. The van der Waals surface area contributed by atoms with Crippen LogP contribution in [0.2, 0.25) is 0 Å². The highest BCUT2D eigenvalue weighted by Gasteiger charge is 2.07. The van der Waals surface area contributed by atoms with E-state index in [-0.39, 0.29) is 0 Å². The summed E-state index contributed by atoms with van der Waals surface area (Å²) in [6, 6.07) is 14.5. The van der Waals surface area contributed by atoms with Crippen molar-refractivity contribution in [3.05, 3.63) is 59.8 Å². The Morgan fingerprint density at radius 3 is 2.75 bits per heavy atom. The summed E-state index contributed by atoms with van der Waals surface area (Å²) in [6.45, 7) is 5.06. The minimum Gasteiger partial charge on any atom is -0.352 e. The average Bonchev–Trinajstić information content (AvgIpc) is 2.87. The first kappa shape index (κ1) is 12.7. The van der Waals surface area contributed by atoms with Crippen molar-refractivity contribution in [2.75, 3.05) is 11.9 Å². The summed E-state index contributed by atoms with van der Waals surface area (Å²) in [4.78, 5) is 4.46. The minimum atomic E-state index is 0.421. The van der Waals surface area contributed by atoms with Gasteiger partial charge in [-0.2, -0.15) is 4.98 Å². The molecule has 0 aliphatic heterocycles. The first-order valence-electron chi connectivity index (χ1n) is 6.84. The van der Waals surface area contributed by atoms with E-state index in [2.05, 4.69) is 46.6 Å². The van der Waals surface area contributed by atoms with Gasteiger partial charge in [0.2, 0.25) is 5.95 Å². The van der Waals surface area contributed by atoms with Gasteiger partial charge in [0.25, 0.3) is 0 Å². The van der Waals surface area contributed by atoms with Gasteiger partial charge in [0.05, 0.1) is 0 Å². The van der Waals surface area contributed by atoms with Gasteiger partial charge in [-0.05, 0) is 30.0 Å². The Kier molecular flexibility index (Phi) is 3.37. The summed E-state index contributed by atoms with van der Waals surface area (Å²) in [5.74, 6) is 1.10. The number of anilines is 1. The van der Waals surface area contributed by atoms with Gasteiger partial charge < -0.3 is 5.32 Å². The second-order valence-corrected chi connectivity index (χ2v) is 5.14. The fourth-order valence-corrected chi connectivity index (χ4v) is 2.20. The van der Waals surface area contributed by atoms with E-state index < -0.39 is 0 Å². The normalized spacial score (nSPS) is 12.5. The maximum atomic E-state index is 4.46. The number of aryl methyl sites for hydroxylation is 1. The van der Waals surface area contributed by atoms with E-state index in [4.69, 9.17) is 0 Å². The Labute approximate surface area is 118 Å². The van der Waals surface area contributed by atoms with Crippen molar-refractivity contribution in [3.8, 4) is 0 Å². The topological polar surface area (TPSA) is 42.2 Å². The van der Waals surface area contributed by atoms with Crippen LogP contribution in [0.3, 0.4) is 0 Å². The quantitative estimate of drug-likeness (QED) is 0.788. The molecule has 3 rings (SSSR count). The molecule has 102 valence electrons. The number of benzene rings is 1. The highest BCUT2D eigenvalue weighted by Crippen LogP contribution is 2.15. The van der Waals surface area contributed by atoms with Gasteiger partial charge >= 0.3 is 0 Å². The highest BCUT2D eigenvalue weighted by atomic mass is 15.3. The molecule has 20 heavy (non-hydrogen) atoms. The monoisotopic (exact) mass is 266 g/mol. The largest absolute Gasteiger partial charge is 0.352 e. The predicted molar refractivity (Wildman–Crippen MR) is 81.1 cm³/mol. The standard InChI is InChI=1S/C16H18N4/c1-12-8-9-15-18-16(19-20(15)11-12)17-10-13(2)14-6-4-3-5-7-14/h3-9,11,13H,10H2,1-2H3,(H,17,19). The minimum absolute atomic E-state index is 0.421. The van der Waals surface area contributed by atoms with Crippen LogP contribution in [0.5, 0.6) is 0 Å². The van der Waals surface area contributed by atoms with Gasteiger partial charge in [0.1, 0.15) is 0 Å². The first-order valence-corrected chi connectivity index (χ1v) is 6.84. The van der Waals surface area contributed by atoms with Gasteiger partial charge in [-0.1, -0.05) is 43.3 Å². The van der Waals surface area contributed by atoms with Crippen molar-refractivity contribution < 1.29 is 0 Å². The maximum Gasteiger partial charge on any atom is 0.243 e. The van der Waals surface area contributed by atoms with Crippen molar-refractivity contribution in [2.24, 2.45) is 0 Å². The zero-order valence-corrected chi connectivity index (χ0v) is 11.7. The van der Waals surface area contributed by atoms with Gasteiger partial charge in [-0.25, -0.2) is 4.52 Å². The third-order valence-corrected chi connectivity index (χ3v) is 3.41. The van der Waals surface area contributed by atoms with Crippen molar-refractivity contribution in [3.63, 3.8) is 0 Å². The van der Waals surface area contributed by atoms with E-state index in [1.54, 1.807) is 0 Å². The Morgan fingerprint density at radius 1 is 1.15 bits per heavy atom.